The number of ether oxygens (including phenoxy) is 3. The van der Waals surface area contributed by atoms with E-state index in [-0.39, 0.29) is 192 Å². The number of aliphatic hydroxyl groups excluding tert-OH is 1. The topological polar surface area (TPSA) is 445 Å². The molecule has 0 fully saturated rings. The van der Waals surface area contributed by atoms with E-state index in [1.807, 2.05) is 39.0 Å². The predicted molar refractivity (Wildman–Crippen MR) is 541 cm³/mol. The summed E-state index contributed by atoms with van der Waals surface area (Å²) in [6.07, 6.45) is 7.39. The van der Waals surface area contributed by atoms with Crippen molar-refractivity contribution in [3.05, 3.63) is 269 Å². The minimum atomic E-state index is -5.93. The average molecular weight is 2130 g/mol. The number of aromatic amines is 5. The van der Waals surface area contributed by atoms with Gasteiger partial charge in [0.05, 0.1) is 138 Å². The van der Waals surface area contributed by atoms with Crippen molar-refractivity contribution < 1.29 is 160 Å². The fourth-order valence-electron chi connectivity index (χ4n) is 13.9. The van der Waals surface area contributed by atoms with Crippen LogP contribution in [0.1, 0.15) is 123 Å². The van der Waals surface area contributed by atoms with Crippen molar-refractivity contribution in [2.75, 3.05) is 26.4 Å². The molecule has 5 heterocycles. The van der Waals surface area contributed by atoms with Gasteiger partial charge >= 0.3 is 92.2 Å². The second-order valence-corrected chi connectivity index (χ2v) is 38.1. The average Bonchev–Trinajstić information content (AvgIpc) is 0.772. The first-order valence-corrected chi connectivity index (χ1v) is 46.9. The summed E-state index contributed by atoms with van der Waals surface area (Å²) in [6.45, 7) is 21.8. The van der Waals surface area contributed by atoms with Gasteiger partial charge in [-0.1, -0.05) is 108 Å². The monoisotopic (exact) mass is 2130 g/mol. The molecule has 0 amide bonds. The first kappa shape index (κ1) is 118. The fraction of sp³-hybridized carbons (Fsp3) is 0.270. The van der Waals surface area contributed by atoms with E-state index in [2.05, 4.69) is 42.3 Å². The number of phenols is 6. The van der Waals surface area contributed by atoms with Crippen LogP contribution in [0.2, 0.25) is 31.4 Å². The van der Waals surface area contributed by atoms with E-state index < -0.39 is 55.9 Å². The maximum atomic E-state index is 12.7. The zero-order chi connectivity index (χ0) is 103. The minimum absolute atomic E-state index is 0. The van der Waals surface area contributed by atoms with Crippen molar-refractivity contribution in [3.8, 4) is 40.2 Å². The summed E-state index contributed by atoms with van der Waals surface area (Å²) in [5, 5.41) is 73.0. The predicted octanol–water partition coefficient (Wildman–Crippen LogP) is 16.9. The summed E-state index contributed by atoms with van der Waals surface area (Å²) in [4.78, 5) is 122. The first-order chi connectivity index (χ1) is 65.7. The van der Waals surface area contributed by atoms with Gasteiger partial charge in [0.15, 0.2) is 0 Å². The Bertz CT molecular complexity index is 7720. The van der Waals surface area contributed by atoms with Crippen LogP contribution in [0, 0.1) is 10.8 Å². The summed E-state index contributed by atoms with van der Waals surface area (Å²) in [6, 6.07) is 39.1. The van der Waals surface area contributed by atoms with Gasteiger partial charge in [-0.2, -0.15) is 21.6 Å². The van der Waals surface area contributed by atoms with E-state index in [1.54, 1.807) is 126 Å². The summed E-state index contributed by atoms with van der Waals surface area (Å²) in [5.74, 6) is -2.95. The molecule has 42 heteroatoms. The summed E-state index contributed by atoms with van der Waals surface area (Å²) >= 11 is 35.4. The third-order valence-corrected chi connectivity index (χ3v) is 23.8. The van der Waals surface area contributed by atoms with E-state index in [9.17, 15) is 104 Å². The smallest absolute Gasteiger partial charge is 1.00 e. The van der Waals surface area contributed by atoms with Crippen molar-refractivity contribution in [3.63, 3.8) is 0 Å². The molecular weight excluding hydrogens is 2030 g/mol. The van der Waals surface area contributed by atoms with Crippen molar-refractivity contribution in [1.29, 1.82) is 0 Å². The number of rotatable bonds is 23. The van der Waals surface area contributed by atoms with E-state index in [4.69, 9.17) is 88.9 Å². The van der Waals surface area contributed by atoms with Crippen LogP contribution in [0.3, 0.4) is 0 Å². The molecule has 12 N–H and O–H groups in total. The number of phenolic OH excluding ortho intramolecular Hbond substituents is 6. The van der Waals surface area contributed by atoms with Crippen LogP contribution in [-0.4, -0.2) is 131 Å². The van der Waals surface area contributed by atoms with Gasteiger partial charge in [-0.15, -0.1) is 0 Å². The number of aliphatic hydroxyl groups is 1. The number of benzene rings is 10. The SMILES string of the molecule is C=C(C)C(=O)Cl.C=C(C)C(=O)OCCCCc1cc(O)c2c(=O)c3cccc(Cl)c3[nH]c2c1.CC(C)(C)C(=O)OCCCCB(F)F.CC(C)(C)C(=O)OCCCCc1cc(O)c2c(=O)c3cccc(Cl)c3[nH]c2c1.O=c1c2cccc(Cl)c2[nH]c2cc(CCCCO)cc(O)c12.O=c1c2cccc(Cl)c2[nH]c2cc(O)cc(O)c12.O=c1c2cccc(Cl)c2[nH]c2cc(OS(=O)(=O)C(F)(F)F)cc(O)c12.[F-].[K+]. The van der Waals surface area contributed by atoms with Crippen LogP contribution in [0.4, 0.5) is 21.8 Å². The molecule has 0 unspecified atom stereocenters. The molecule has 0 bridgehead atoms. The molecule has 0 aliphatic carbocycles. The standard InChI is InChI=1S/C22H24ClNO4.C21H20ClNO4.C17H16ClNO3.C14H7ClF3NO5S.C13H8ClNO3.C9H17BF2O2.C4H5ClO.FH.K/c1-22(2,3)21(27)28-10-5-4-7-13-11-16-18(17(25)12-13)20(26)14-8-6-9-15(23)19(14)24-16;1-12(2)21(26)27-9-4-3-6-13-10-16-18(17(24)11-13)20(25)14-7-5-8-15(22)19(14)23-16;18-12-6-3-5-11-16(12)19-13-8-10(4-1-2-7-20)9-14(21)15(13)17(11)22;15-8-3-1-2-7-12(8)19-9-4-6(5-10(20)11(9)13(7)21)24-25(22,23)14(16,17)18;14-8-3-1-2-7-12(8)15-9-4-6(16)5-10(17)11(9)13(7)18;1-9(2,3)8(13)14-7-5-4-6-10(11)12;1-3(2)4(5)6;;/h6,8-9,11-12,25H,4-5,7,10H2,1-3H3,(H,24,26);5,7-8,10-11,24H,1,3-4,6,9H2,2H3,(H,23,25);3,5-6,8-9,20-21H,1-2,4,7H2,(H,19,22);1-5,20H,(H,19,21);1-5,16-17H,(H,15,18);4-7H2,1-3H3;1H2,2H3;1H;/q;;;;;;;;+1/p-1. The molecule has 5 aromatic heterocycles. The number of hydrogen-bond acceptors (Lipinski definition) is 22. The number of halogens is 12. The molecule has 15 aromatic rings. The van der Waals surface area contributed by atoms with Crippen LogP contribution in [-0.2, 0) is 62.8 Å². The normalized spacial score (nSPS) is 11.3. The molecule has 748 valence electrons. The maximum Gasteiger partial charge on any atom is 1.00 e. The number of allylic oxidation sites excluding steroid dienone is 1. The van der Waals surface area contributed by atoms with Crippen LogP contribution >= 0.6 is 69.6 Å². The van der Waals surface area contributed by atoms with Crippen molar-refractivity contribution >= 4 is 219 Å². The summed E-state index contributed by atoms with van der Waals surface area (Å²) < 4.78 is 102. The zero-order valence-corrected chi connectivity index (χ0v) is 86.4. The van der Waals surface area contributed by atoms with Crippen molar-refractivity contribution in [2.45, 2.75) is 138 Å². The van der Waals surface area contributed by atoms with Gasteiger partial charge in [0.25, 0.3) is 0 Å². The molecule has 10 aromatic carbocycles. The Morgan fingerprint density at radius 3 is 0.965 bits per heavy atom. The zero-order valence-electron chi connectivity index (χ0n) is 77.9. The Labute approximate surface area is 880 Å². The van der Waals surface area contributed by atoms with Crippen LogP contribution in [0.5, 0.6) is 40.2 Å². The number of hydrogen-bond donors (Lipinski definition) is 12. The molecule has 0 spiro atoms. The van der Waals surface area contributed by atoms with Gasteiger partial charge < -0.3 is 83.8 Å². The number of alkyl halides is 3. The molecule has 0 atom stereocenters. The van der Waals surface area contributed by atoms with E-state index in [1.165, 1.54) is 24.3 Å². The molecule has 0 aliphatic rings. The Hall–Kier alpha value is -11.4. The fourth-order valence-corrected chi connectivity index (χ4v) is 15.5. The Morgan fingerprint density at radius 2 is 0.683 bits per heavy atom. The quantitative estimate of drug-likeness (QED) is 0.00270. The summed E-state index contributed by atoms with van der Waals surface area (Å²) in [7, 11) is -8.18. The second kappa shape index (κ2) is 51.7. The molecule has 142 heavy (non-hydrogen) atoms. The van der Waals surface area contributed by atoms with Crippen molar-refractivity contribution in [2.24, 2.45) is 10.8 Å². The van der Waals surface area contributed by atoms with Gasteiger partial charge in [0, 0.05) is 68.9 Å². The number of H-pyrrole nitrogens is 5. The van der Waals surface area contributed by atoms with Gasteiger partial charge in [-0.05, 0) is 251 Å². The number of aromatic nitrogens is 5. The molecule has 0 aliphatic heterocycles. The van der Waals surface area contributed by atoms with E-state index in [0.29, 0.717) is 155 Å². The number of esters is 3. The van der Waals surface area contributed by atoms with Crippen LogP contribution in [0.15, 0.2) is 200 Å². The second-order valence-electron chi connectivity index (χ2n) is 34.2. The maximum absolute atomic E-state index is 12.7. The number of unbranched alkanes of at least 4 members (excludes halogenated alkanes) is 4. The molecular formula is C100H97BCl6F6KN5O22S. The number of fused-ring (bicyclic) bond motifs is 10. The van der Waals surface area contributed by atoms with Gasteiger partial charge in [0.2, 0.25) is 32.4 Å². The third kappa shape index (κ3) is 30.6. The number of carbonyl (C=O) groups is 4. The molecule has 0 saturated heterocycles. The van der Waals surface area contributed by atoms with Gasteiger partial charge in [0.1, 0.15) is 40.2 Å². The molecule has 0 radical (unpaired) electrons. The number of pyridine rings is 5. The first-order valence-electron chi connectivity index (χ1n) is 43.2. The Balaban J connectivity index is 0.000000230. The Kier molecular flexibility index (Phi) is 42.8. The third-order valence-electron chi connectivity index (χ3n) is 21.0. The number of nitrogens with one attached hydrogen (secondary N) is 5. The van der Waals surface area contributed by atoms with Gasteiger partial charge in [-0.3, -0.25) is 47.0 Å². The number of aryl methyl sites for hydroxylation is 3. The number of para-hydroxylation sites is 5. The van der Waals surface area contributed by atoms with E-state index >= 15 is 0 Å². The van der Waals surface area contributed by atoms with Crippen molar-refractivity contribution in [1.82, 2.24) is 24.9 Å². The summed E-state index contributed by atoms with van der Waals surface area (Å²) in [5.41, 5.74) is -0.631. The largest absolute Gasteiger partial charge is 1.00 e. The Morgan fingerprint density at radius 1 is 0.408 bits per heavy atom. The van der Waals surface area contributed by atoms with Crippen LogP contribution < -0.4 is 87.4 Å². The molecule has 15 rings (SSSR count). The van der Waals surface area contributed by atoms with E-state index in [0.717, 1.165) is 60.9 Å². The number of aromatic hydroxyl groups is 6. The molecule has 0 saturated carbocycles. The number of carbonyl (C=O) groups excluding carboxylic acids is 4. The van der Waals surface area contributed by atoms with Gasteiger partial charge in [-0.25, -0.2) is 4.79 Å². The molecule has 27 nitrogen and oxygen atoms in total. The van der Waals surface area contributed by atoms with Crippen LogP contribution in [0.25, 0.3) is 109 Å². The minimum Gasteiger partial charge on any atom is -1.00 e.